The number of carbonyl (C=O) groups excluding carboxylic acids is 2. The minimum absolute atomic E-state index is 0.0592. The number of benzene rings is 2. The number of hydrogen-bond donors (Lipinski definition) is 2. The number of rotatable bonds is 9. The SMILES string of the molecule is CCCn1c(O)c(N=NC(=O)CNC(=O)c2cc(OC)c(OC)c(OC)c2)c2ccccc21. The summed E-state index contributed by atoms with van der Waals surface area (Å²) in [6.45, 7) is 2.21. The smallest absolute Gasteiger partial charge is 0.283 e. The predicted molar refractivity (Wildman–Crippen MR) is 122 cm³/mol. The monoisotopic (exact) mass is 454 g/mol. The van der Waals surface area contributed by atoms with Crippen LogP contribution in [-0.4, -0.2) is 49.4 Å². The number of nitrogens with zero attached hydrogens (tertiary/aromatic N) is 3. The maximum atomic E-state index is 12.5. The number of aryl methyl sites for hydroxylation is 1. The first kappa shape index (κ1) is 23.6. The summed E-state index contributed by atoms with van der Waals surface area (Å²) in [6.07, 6.45) is 0.814. The first-order chi connectivity index (χ1) is 15.9. The molecule has 0 unspecified atom stereocenters. The van der Waals surface area contributed by atoms with Crippen molar-refractivity contribution in [2.75, 3.05) is 27.9 Å². The Kier molecular flexibility index (Phi) is 7.50. The maximum absolute atomic E-state index is 12.5. The molecule has 0 aliphatic carbocycles. The van der Waals surface area contributed by atoms with Crippen LogP contribution in [0, 0.1) is 0 Å². The average Bonchev–Trinajstić information content (AvgIpc) is 3.10. The van der Waals surface area contributed by atoms with Gasteiger partial charge in [0.25, 0.3) is 11.8 Å². The molecule has 0 fully saturated rings. The molecular formula is C23H26N4O6. The number of azo groups is 1. The van der Waals surface area contributed by atoms with E-state index in [-0.39, 0.29) is 23.7 Å². The Hall–Kier alpha value is -4.08. The summed E-state index contributed by atoms with van der Waals surface area (Å²) in [5, 5.41) is 21.4. The normalized spacial score (nSPS) is 11.0. The van der Waals surface area contributed by atoms with E-state index >= 15 is 0 Å². The Balaban J connectivity index is 1.74. The largest absolute Gasteiger partial charge is 0.493 e. The maximum Gasteiger partial charge on any atom is 0.283 e. The zero-order chi connectivity index (χ0) is 24.0. The molecule has 0 saturated carbocycles. The highest BCUT2D eigenvalue weighted by atomic mass is 16.5. The molecule has 10 heteroatoms. The number of hydrogen-bond acceptors (Lipinski definition) is 7. The minimum Gasteiger partial charge on any atom is -0.493 e. The Morgan fingerprint density at radius 1 is 1.06 bits per heavy atom. The molecule has 3 aromatic rings. The third-order valence-corrected chi connectivity index (χ3v) is 4.95. The Morgan fingerprint density at radius 3 is 2.33 bits per heavy atom. The molecule has 1 heterocycles. The van der Waals surface area contributed by atoms with Crippen molar-refractivity contribution in [2.24, 2.45) is 10.2 Å². The van der Waals surface area contributed by atoms with Crippen LogP contribution >= 0.6 is 0 Å². The summed E-state index contributed by atoms with van der Waals surface area (Å²) in [6, 6.07) is 10.3. The molecular weight excluding hydrogens is 428 g/mol. The van der Waals surface area contributed by atoms with Gasteiger partial charge in [-0.25, -0.2) is 0 Å². The van der Waals surface area contributed by atoms with Gasteiger partial charge in [0.05, 0.1) is 26.8 Å². The molecule has 0 aliphatic rings. The van der Waals surface area contributed by atoms with Crippen molar-refractivity contribution in [2.45, 2.75) is 19.9 Å². The van der Waals surface area contributed by atoms with Crippen LogP contribution in [0.4, 0.5) is 5.69 Å². The summed E-state index contributed by atoms with van der Waals surface area (Å²) < 4.78 is 17.4. The van der Waals surface area contributed by atoms with E-state index in [4.69, 9.17) is 14.2 Å². The van der Waals surface area contributed by atoms with Crippen molar-refractivity contribution in [1.82, 2.24) is 9.88 Å². The van der Waals surface area contributed by atoms with E-state index in [1.165, 1.54) is 33.5 Å². The lowest BCUT2D eigenvalue weighted by Crippen LogP contribution is -2.28. The summed E-state index contributed by atoms with van der Waals surface area (Å²) in [5.74, 6) is -0.291. The number of amides is 2. The lowest BCUT2D eigenvalue weighted by molar-refractivity contribution is -0.117. The zero-order valence-electron chi connectivity index (χ0n) is 18.9. The van der Waals surface area contributed by atoms with Gasteiger partial charge >= 0.3 is 0 Å². The van der Waals surface area contributed by atoms with Gasteiger partial charge in [-0.3, -0.25) is 9.59 Å². The summed E-state index contributed by atoms with van der Waals surface area (Å²) in [7, 11) is 4.34. The van der Waals surface area contributed by atoms with E-state index in [0.717, 1.165) is 11.9 Å². The van der Waals surface area contributed by atoms with Gasteiger partial charge in [-0.15, -0.1) is 10.2 Å². The first-order valence-electron chi connectivity index (χ1n) is 10.3. The number of ether oxygens (including phenoxy) is 3. The lowest BCUT2D eigenvalue weighted by Gasteiger charge is -2.13. The fourth-order valence-electron chi connectivity index (χ4n) is 3.43. The van der Waals surface area contributed by atoms with Gasteiger partial charge in [0.1, 0.15) is 6.54 Å². The highest BCUT2D eigenvalue weighted by molar-refractivity contribution is 5.98. The van der Waals surface area contributed by atoms with Gasteiger partial charge in [0.15, 0.2) is 17.2 Å². The molecule has 3 rings (SSSR count). The second-order valence-corrected chi connectivity index (χ2v) is 7.03. The van der Waals surface area contributed by atoms with E-state index in [1.54, 1.807) is 10.6 Å². The van der Waals surface area contributed by atoms with Crippen molar-refractivity contribution in [3.8, 4) is 23.1 Å². The van der Waals surface area contributed by atoms with Crippen molar-refractivity contribution in [3.05, 3.63) is 42.0 Å². The van der Waals surface area contributed by atoms with Crippen molar-refractivity contribution >= 4 is 28.4 Å². The average molecular weight is 454 g/mol. The molecule has 0 atom stereocenters. The van der Waals surface area contributed by atoms with Gasteiger partial charge < -0.3 is 29.2 Å². The third-order valence-electron chi connectivity index (χ3n) is 4.95. The second-order valence-electron chi connectivity index (χ2n) is 7.03. The molecule has 0 saturated heterocycles. The molecule has 0 radical (unpaired) electrons. The highest BCUT2D eigenvalue weighted by Gasteiger charge is 2.18. The van der Waals surface area contributed by atoms with Gasteiger partial charge in [-0.05, 0) is 24.6 Å². The van der Waals surface area contributed by atoms with Crippen molar-refractivity contribution in [3.63, 3.8) is 0 Å². The fourth-order valence-corrected chi connectivity index (χ4v) is 3.43. The van der Waals surface area contributed by atoms with E-state index < -0.39 is 11.8 Å². The number of aromatic nitrogens is 1. The summed E-state index contributed by atoms with van der Waals surface area (Å²) >= 11 is 0. The van der Waals surface area contributed by atoms with Crippen LogP contribution in [0.25, 0.3) is 10.9 Å². The van der Waals surface area contributed by atoms with Gasteiger partial charge in [-0.1, -0.05) is 25.1 Å². The number of carbonyl (C=O) groups is 2. The third kappa shape index (κ3) is 4.89. The van der Waals surface area contributed by atoms with E-state index in [9.17, 15) is 14.7 Å². The quantitative estimate of drug-likeness (QED) is 0.474. The van der Waals surface area contributed by atoms with Crippen LogP contribution in [0.1, 0.15) is 23.7 Å². The summed E-state index contributed by atoms with van der Waals surface area (Å²) in [4.78, 5) is 24.8. The predicted octanol–water partition coefficient (Wildman–Crippen LogP) is 3.82. The molecule has 0 spiro atoms. The molecule has 0 aliphatic heterocycles. The van der Waals surface area contributed by atoms with E-state index in [1.807, 2.05) is 25.1 Å². The summed E-state index contributed by atoms with van der Waals surface area (Å²) in [5.41, 5.74) is 1.23. The number of aromatic hydroxyl groups is 1. The molecule has 174 valence electrons. The van der Waals surface area contributed by atoms with Gasteiger partial charge in [0.2, 0.25) is 11.6 Å². The van der Waals surface area contributed by atoms with Crippen LogP contribution in [0.2, 0.25) is 0 Å². The molecule has 0 bridgehead atoms. The van der Waals surface area contributed by atoms with Crippen LogP contribution < -0.4 is 19.5 Å². The van der Waals surface area contributed by atoms with E-state index in [0.29, 0.717) is 29.2 Å². The zero-order valence-corrected chi connectivity index (χ0v) is 18.9. The topological polar surface area (TPSA) is 124 Å². The van der Waals surface area contributed by atoms with Crippen LogP contribution in [-0.2, 0) is 11.3 Å². The Labute approximate surface area is 190 Å². The minimum atomic E-state index is -0.678. The number of methoxy groups -OCH3 is 3. The number of fused-ring (bicyclic) bond motifs is 1. The lowest BCUT2D eigenvalue weighted by atomic mass is 10.1. The first-order valence-corrected chi connectivity index (χ1v) is 10.3. The molecule has 33 heavy (non-hydrogen) atoms. The van der Waals surface area contributed by atoms with Crippen molar-refractivity contribution in [1.29, 1.82) is 0 Å². The molecule has 1 aromatic heterocycles. The van der Waals surface area contributed by atoms with E-state index in [2.05, 4.69) is 15.5 Å². The highest BCUT2D eigenvalue weighted by Crippen LogP contribution is 2.39. The number of para-hydroxylation sites is 1. The number of nitrogens with one attached hydrogen (secondary N) is 1. The van der Waals surface area contributed by atoms with Crippen LogP contribution in [0.3, 0.4) is 0 Å². The molecule has 10 nitrogen and oxygen atoms in total. The fraction of sp³-hybridized carbons (Fsp3) is 0.304. The Bertz CT molecular complexity index is 1180. The molecule has 2 N–H and O–H groups in total. The van der Waals surface area contributed by atoms with Crippen LogP contribution in [0.5, 0.6) is 23.1 Å². The van der Waals surface area contributed by atoms with Gasteiger partial charge in [-0.2, -0.15) is 0 Å². The van der Waals surface area contributed by atoms with Crippen LogP contribution in [0.15, 0.2) is 46.6 Å². The molecule has 2 amide bonds. The second kappa shape index (κ2) is 10.5. The van der Waals surface area contributed by atoms with Crippen molar-refractivity contribution < 1.29 is 28.9 Å². The molecule has 2 aromatic carbocycles. The Morgan fingerprint density at radius 2 is 1.73 bits per heavy atom. The standard InChI is InChI=1S/C23H26N4O6/c1-5-10-27-16-9-7-6-8-15(16)20(23(27)30)26-25-19(28)13-24-22(29)14-11-17(31-2)21(33-4)18(12-14)32-3/h6-9,11-12,30H,5,10,13H2,1-4H3,(H,24,29). The van der Waals surface area contributed by atoms with Gasteiger partial charge in [0, 0.05) is 17.5 Å².